The zero-order valence-corrected chi connectivity index (χ0v) is 6.91. The molecule has 0 amide bonds. The molecule has 0 atom stereocenters. The Labute approximate surface area is 70.0 Å². The van der Waals surface area contributed by atoms with E-state index in [4.69, 9.17) is 0 Å². The summed E-state index contributed by atoms with van der Waals surface area (Å²) in [6.07, 6.45) is 4.46. The van der Waals surface area contributed by atoms with Crippen molar-refractivity contribution in [2.75, 3.05) is 0 Å². The summed E-state index contributed by atoms with van der Waals surface area (Å²) >= 11 is 0. The van der Waals surface area contributed by atoms with Gasteiger partial charge in [0.2, 0.25) is 0 Å². The molecule has 1 aromatic heterocycles. The van der Waals surface area contributed by atoms with E-state index in [2.05, 4.69) is 16.9 Å². The second-order valence-electron chi connectivity index (χ2n) is 2.59. The lowest BCUT2D eigenvalue weighted by molar-refractivity contribution is -0.393. The Morgan fingerprint density at radius 1 is 1.75 bits per heavy atom. The van der Waals surface area contributed by atoms with Crippen LogP contribution in [-0.4, -0.2) is 14.9 Å². The lowest BCUT2D eigenvalue weighted by Gasteiger charge is -1.89. The summed E-state index contributed by atoms with van der Waals surface area (Å²) in [4.78, 5) is 15.9. The molecule has 0 unspecified atom stereocenters. The molecule has 0 aliphatic heterocycles. The van der Waals surface area contributed by atoms with Gasteiger partial charge in [-0.15, -0.1) is 0 Å². The van der Waals surface area contributed by atoms with Gasteiger partial charge in [0.1, 0.15) is 11.9 Å². The van der Waals surface area contributed by atoms with Crippen LogP contribution in [0.2, 0.25) is 0 Å². The number of aryl methyl sites for hydroxylation is 1. The zero-order chi connectivity index (χ0) is 8.97. The van der Waals surface area contributed by atoms with Crippen LogP contribution >= 0.6 is 0 Å². The normalized spacial score (nSPS) is 10.1. The molecule has 1 N–H and O–H groups in total. The highest BCUT2D eigenvalue weighted by Crippen LogP contribution is 2.07. The van der Waals surface area contributed by atoms with Crippen molar-refractivity contribution in [2.24, 2.45) is 0 Å². The minimum Gasteiger partial charge on any atom is -0.390 e. The van der Waals surface area contributed by atoms with Gasteiger partial charge in [-0.1, -0.05) is 18.3 Å². The van der Waals surface area contributed by atoms with Crippen LogP contribution in [0.1, 0.15) is 25.5 Å². The summed E-state index contributed by atoms with van der Waals surface area (Å²) in [7, 11) is 0. The molecular formula is C7H11N3O2. The number of hydrogen-bond donors (Lipinski definition) is 1. The Hall–Kier alpha value is -1.39. The van der Waals surface area contributed by atoms with Crippen LogP contribution in [-0.2, 0) is 6.42 Å². The number of unbranched alkanes of at least 4 members (excludes halogenated alkanes) is 1. The Morgan fingerprint density at radius 3 is 3.00 bits per heavy atom. The van der Waals surface area contributed by atoms with Crippen molar-refractivity contribution in [3.63, 3.8) is 0 Å². The van der Waals surface area contributed by atoms with Gasteiger partial charge in [0.15, 0.2) is 0 Å². The molecule has 0 saturated carbocycles. The maximum atomic E-state index is 10.2. The van der Waals surface area contributed by atoms with Gasteiger partial charge in [-0.05, 0) is 11.3 Å². The van der Waals surface area contributed by atoms with Crippen molar-refractivity contribution in [1.29, 1.82) is 0 Å². The standard InChI is InChI=1S/C7H11N3O2/c1-2-3-4-6-5-8-7(9-6)10(11)12/h5H,2-4H2,1H3,(H,8,9). The third-order valence-electron chi connectivity index (χ3n) is 1.59. The van der Waals surface area contributed by atoms with Gasteiger partial charge >= 0.3 is 5.95 Å². The largest absolute Gasteiger partial charge is 0.432 e. The molecular weight excluding hydrogens is 158 g/mol. The van der Waals surface area contributed by atoms with Crippen LogP contribution in [0.25, 0.3) is 0 Å². The average Bonchev–Trinajstić information content (AvgIpc) is 2.48. The second-order valence-corrected chi connectivity index (χ2v) is 2.59. The van der Waals surface area contributed by atoms with E-state index in [1.54, 1.807) is 0 Å². The summed E-state index contributed by atoms with van der Waals surface area (Å²) < 4.78 is 0. The maximum Gasteiger partial charge on any atom is 0.432 e. The van der Waals surface area contributed by atoms with Crippen molar-refractivity contribution in [1.82, 2.24) is 9.97 Å². The van der Waals surface area contributed by atoms with Crippen LogP contribution in [0, 0.1) is 10.1 Å². The molecule has 0 saturated heterocycles. The first-order valence-corrected chi connectivity index (χ1v) is 3.92. The number of nitro groups is 1. The summed E-state index contributed by atoms with van der Waals surface area (Å²) in [6, 6.07) is 0. The molecule has 1 aromatic rings. The molecule has 0 spiro atoms. The summed E-state index contributed by atoms with van der Waals surface area (Å²) in [5.74, 6) is -0.166. The molecule has 12 heavy (non-hydrogen) atoms. The van der Waals surface area contributed by atoms with Gasteiger partial charge in [0.05, 0.1) is 0 Å². The highest BCUT2D eigenvalue weighted by molar-refractivity contribution is 5.10. The fourth-order valence-electron chi connectivity index (χ4n) is 0.934. The van der Waals surface area contributed by atoms with Gasteiger partial charge < -0.3 is 10.1 Å². The van der Waals surface area contributed by atoms with E-state index in [-0.39, 0.29) is 5.95 Å². The van der Waals surface area contributed by atoms with Gasteiger partial charge in [-0.25, -0.2) is 4.98 Å². The fraction of sp³-hybridized carbons (Fsp3) is 0.571. The van der Waals surface area contributed by atoms with Crippen molar-refractivity contribution in [2.45, 2.75) is 26.2 Å². The van der Waals surface area contributed by atoms with Crippen LogP contribution in [0.5, 0.6) is 0 Å². The smallest absolute Gasteiger partial charge is 0.390 e. The third-order valence-corrected chi connectivity index (χ3v) is 1.59. The van der Waals surface area contributed by atoms with Crippen molar-refractivity contribution in [3.05, 3.63) is 22.0 Å². The molecule has 0 radical (unpaired) electrons. The fourth-order valence-corrected chi connectivity index (χ4v) is 0.934. The zero-order valence-electron chi connectivity index (χ0n) is 6.91. The lowest BCUT2D eigenvalue weighted by atomic mass is 10.2. The first kappa shape index (κ1) is 8.70. The summed E-state index contributed by atoms with van der Waals surface area (Å²) in [6.45, 7) is 2.07. The number of aromatic nitrogens is 2. The van der Waals surface area contributed by atoms with E-state index in [1.807, 2.05) is 0 Å². The van der Waals surface area contributed by atoms with E-state index in [0.717, 1.165) is 25.0 Å². The van der Waals surface area contributed by atoms with Crippen LogP contribution in [0.4, 0.5) is 5.95 Å². The minimum absolute atomic E-state index is 0.166. The molecule has 1 rings (SSSR count). The van der Waals surface area contributed by atoms with E-state index in [0.29, 0.717) is 0 Å². The van der Waals surface area contributed by atoms with Crippen molar-refractivity contribution >= 4 is 5.95 Å². The number of nitrogens with one attached hydrogen (secondary N) is 1. The van der Waals surface area contributed by atoms with E-state index >= 15 is 0 Å². The molecule has 5 heteroatoms. The number of hydrogen-bond acceptors (Lipinski definition) is 3. The molecule has 0 aliphatic carbocycles. The third kappa shape index (κ3) is 2.05. The topological polar surface area (TPSA) is 71.8 Å². The predicted octanol–water partition coefficient (Wildman–Crippen LogP) is 1.66. The molecule has 66 valence electrons. The summed E-state index contributed by atoms with van der Waals surface area (Å²) in [5, 5.41) is 10.2. The maximum absolute atomic E-state index is 10.2. The molecule has 0 fully saturated rings. The highest BCUT2D eigenvalue weighted by Gasteiger charge is 2.09. The molecule has 0 bridgehead atoms. The molecule has 0 aromatic carbocycles. The number of rotatable bonds is 4. The van der Waals surface area contributed by atoms with Gasteiger partial charge in [0.25, 0.3) is 0 Å². The van der Waals surface area contributed by atoms with E-state index in [9.17, 15) is 10.1 Å². The van der Waals surface area contributed by atoms with E-state index in [1.165, 1.54) is 6.20 Å². The number of imidazole rings is 1. The van der Waals surface area contributed by atoms with Gasteiger partial charge in [-0.2, -0.15) is 0 Å². The van der Waals surface area contributed by atoms with Crippen LogP contribution < -0.4 is 0 Å². The highest BCUT2D eigenvalue weighted by atomic mass is 16.6. The SMILES string of the molecule is CCCCc1cnc([N+](=O)[O-])[nH]1. The number of H-pyrrole nitrogens is 1. The van der Waals surface area contributed by atoms with Gasteiger partial charge in [-0.3, -0.25) is 0 Å². The average molecular weight is 169 g/mol. The Bertz CT molecular complexity index is 269. The Kier molecular flexibility index (Phi) is 2.79. The first-order chi connectivity index (χ1) is 5.74. The van der Waals surface area contributed by atoms with Crippen LogP contribution in [0.3, 0.4) is 0 Å². The van der Waals surface area contributed by atoms with E-state index < -0.39 is 4.92 Å². The summed E-state index contributed by atoms with van der Waals surface area (Å²) in [5.41, 5.74) is 0.837. The van der Waals surface area contributed by atoms with Crippen LogP contribution in [0.15, 0.2) is 6.20 Å². The van der Waals surface area contributed by atoms with Gasteiger partial charge in [0, 0.05) is 6.42 Å². The molecule has 1 heterocycles. The molecule has 5 nitrogen and oxygen atoms in total. The minimum atomic E-state index is -0.518. The quantitative estimate of drug-likeness (QED) is 0.550. The second kappa shape index (κ2) is 3.85. The van der Waals surface area contributed by atoms with Crippen molar-refractivity contribution in [3.8, 4) is 0 Å². The van der Waals surface area contributed by atoms with Crippen molar-refractivity contribution < 1.29 is 4.92 Å². The molecule has 0 aliphatic rings. The number of aromatic amines is 1. The first-order valence-electron chi connectivity index (χ1n) is 3.92. The Balaban J connectivity index is 2.58. The predicted molar refractivity (Wildman–Crippen MR) is 43.9 cm³/mol. The Morgan fingerprint density at radius 2 is 2.50 bits per heavy atom. The number of nitrogens with zero attached hydrogens (tertiary/aromatic N) is 2. The monoisotopic (exact) mass is 169 g/mol. The lowest BCUT2D eigenvalue weighted by Crippen LogP contribution is -1.90.